The summed E-state index contributed by atoms with van der Waals surface area (Å²) in [4.78, 5) is 5.17. The number of hydrogen-bond acceptors (Lipinski definition) is 4. The number of ether oxygens (including phenoxy) is 2. The number of nitrogens with zero attached hydrogens (tertiary/aromatic N) is 2. The van der Waals surface area contributed by atoms with Crippen LogP contribution in [0.3, 0.4) is 0 Å². The lowest BCUT2D eigenvalue weighted by atomic mass is 9.89. The van der Waals surface area contributed by atoms with Crippen LogP contribution in [-0.4, -0.2) is 44.8 Å². The molecule has 0 unspecified atom stereocenters. The molecule has 2 atom stereocenters. The van der Waals surface area contributed by atoms with Crippen molar-refractivity contribution in [1.82, 2.24) is 4.90 Å². The first kappa shape index (κ1) is 18.5. The van der Waals surface area contributed by atoms with Gasteiger partial charge >= 0.3 is 0 Å². The summed E-state index contributed by atoms with van der Waals surface area (Å²) in [5.74, 6) is 1.67. The molecule has 0 spiro atoms. The van der Waals surface area contributed by atoms with Crippen LogP contribution in [0.15, 0.2) is 42.5 Å². The Morgan fingerprint density at radius 1 is 0.963 bits per heavy atom. The van der Waals surface area contributed by atoms with Crippen molar-refractivity contribution in [2.24, 2.45) is 0 Å². The normalized spacial score (nSPS) is 23.0. The van der Waals surface area contributed by atoms with E-state index in [9.17, 15) is 0 Å². The van der Waals surface area contributed by atoms with Crippen molar-refractivity contribution >= 4 is 17.3 Å². The summed E-state index contributed by atoms with van der Waals surface area (Å²) in [6, 6.07) is 15.8. The molecule has 2 aliphatic rings. The molecule has 0 amide bonds. The van der Waals surface area contributed by atoms with Gasteiger partial charge in [-0.15, -0.1) is 0 Å². The second-order valence-corrected chi connectivity index (χ2v) is 7.78. The molecule has 2 aromatic carbocycles. The second-order valence-electron chi connectivity index (χ2n) is 7.38. The lowest BCUT2D eigenvalue weighted by molar-refractivity contribution is 0.0716. The molecule has 0 saturated carbocycles. The monoisotopic (exact) mass is 386 g/mol. The number of methoxy groups -OCH3 is 2. The Balaban J connectivity index is 1.50. The third kappa shape index (κ3) is 3.74. The first-order valence-electron chi connectivity index (χ1n) is 9.68. The summed E-state index contributed by atoms with van der Waals surface area (Å²) >= 11 is 6.19. The molecule has 2 aromatic rings. The fourth-order valence-electron chi connectivity index (χ4n) is 4.51. The van der Waals surface area contributed by atoms with Crippen molar-refractivity contribution in [1.29, 1.82) is 0 Å². The van der Waals surface area contributed by atoms with E-state index in [2.05, 4.69) is 46.2 Å². The number of rotatable bonds is 4. The smallest absolute Gasteiger partial charge is 0.139 e. The maximum Gasteiger partial charge on any atom is 0.139 e. The lowest BCUT2D eigenvalue weighted by Gasteiger charge is -2.49. The molecule has 2 fully saturated rings. The van der Waals surface area contributed by atoms with Crippen molar-refractivity contribution in [3.63, 3.8) is 0 Å². The van der Waals surface area contributed by atoms with Gasteiger partial charge in [0.2, 0.25) is 0 Å². The van der Waals surface area contributed by atoms with Crippen molar-refractivity contribution < 1.29 is 9.47 Å². The molecule has 0 N–H and O–H groups in total. The first-order chi connectivity index (χ1) is 13.2. The van der Waals surface area contributed by atoms with E-state index in [1.807, 2.05) is 6.07 Å². The van der Waals surface area contributed by atoms with E-state index in [0.717, 1.165) is 31.1 Å². The number of halogens is 1. The number of benzene rings is 2. The molecule has 4 rings (SSSR count). The molecule has 2 heterocycles. The summed E-state index contributed by atoms with van der Waals surface area (Å²) in [6.45, 7) is 3.15. The molecular weight excluding hydrogens is 360 g/mol. The third-order valence-electron chi connectivity index (χ3n) is 5.94. The van der Waals surface area contributed by atoms with Gasteiger partial charge in [0.1, 0.15) is 11.5 Å². The van der Waals surface area contributed by atoms with Crippen LogP contribution in [0.2, 0.25) is 5.02 Å². The quantitative estimate of drug-likeness (QED) is 0.755. The van der Waals surface area contributed by atoms with E-state index in [4.69, 9.17) is 21.1 Å². The van der Waals surface area contributed by atoms with Gasteiger partial charge in [-0.05, 0) is 49.1 Å². The van der Waals surface area contributed by atoms with Gasteiger partial charge < -0.3 is 14.4 Å². The Hall–Kier alpha value is -1.91. The van der Waals surface area contributed by atoms with Crippen LogP contribution in [0.4, 0.5) is 5.69 Å². The molecule has 27 heavy (non-hydrogen) atoms. The number of anilines is 1. The zero-order chi connectivity index (χ0) is 18.8. The molecule has 0 radical (unpaired) electrons. The molecular formula is C22H27ClN2O2. The summed E-state index contributed by atoms with van der Waals surface area (Å²) in [7, 11) is 3.39. The fourth-order valence-corrected chi connectivity index (χ4v) is 4.71. The molecule has 2 aliphatic heterocycles. The highest BCUT2D eigenvalue weighted by atomic mass is 35.5. The van der Waals surface area contributed by atoms with Crippen LogP contribution in [0.5, 0.6) is 11.5 Å². The van der Waals surface area contributed by atoms with E-state index in [0.29, 0.717) is 17.1 Å². The van der Waals surface area contributed by atoms with Gasteiger partial charge in [-0.1, -0.05) is 23.7 Å². The van der Waals surface area contributed by atoms with E-state index in [-0.39, 0.29) is 0 Å². The highest BCUT2D eigenvalue weighted by Crippen LogP contribution is 2.38. The van der Waals surface area contributed by atoms with Crippen LogP contribution >= 0.6 is 11.6 Å². The average Bonchev–Trinajstić information content (AvgIpc) is 2.73. The molecule has 144 valence electrons. The van der Waals surface area contributed by atoms with Gasteiger partial charge in [-0.3, -0.25) is 4.90 Å². The number of piperazine rings is 1. The minimum atomic E-state index is 0.511. The number of fused-ring (bicyclic) bond motifs is 1. The SMILES string of the molecule is COc1ccc([C@H]2CCC[C@H]3CN(c4ccc(Cl)c(OC)c4)CCN32)cc1. The van der Waals surface area contributed by atoms with Crippen molar-refractivity contribution in [3.8, 4) is 11.5 Å². The predicted molar refractivity (Wildman–Crippen MR) is 110 cm³/mol. The zero-order valence-electron chi connectivity index (χ0n) is 16.0. The largest absolute Gasteiger partial charge is 0.497 e. The molecule has 0 bridgehead atoms. The van der Waals surface area contributed by atoms with Gasteiger partial charge in [-0.25, -0.2) is 0 Å². The van der Waals surface area contributed by atoms with Crippen molar-refractivity contribution in [2.75, 3.05) is 38.8 Å². The maximum absolute atomic E-state index is 6.19. The van der Waals surface area contributed by atoms with Gasteiger partial charge in [0.25, 0.3) is 0 Å². The van der Waals surface area contributed by atoms with E-state index < -0.39 is 0 Å². The van der Waals surface area contributed by atoms with Gasteiger partial charge in [0.05, 0.1) is 19.2 Å². The van der Waals surface area contributed by atoms with Gasteiger partial charge in [0.15, 0.2) is 0 Å². The molecule has 4 nitrogen and oxygen atoms in total. The second kappa shape index (κ2) is 7.99. The molecule has 0 aliphatic carbocycles. The summed E-state index contributed by atoms with van der Waals surface area (Å²) < 4.78 is 10.7. The van der Waals surface area contributed by atoms with Gasteiger partial charge in [-0.2, -0.15) is 0 Å². The van der Waals surface area contributed by atoms with Crippen molar-refractivity contribution in [2.45, 2.75) is 31.3 Å². The average molecular weight is 387 g/mol. The molecule has 0 aromatic heterocycles. The lowest BCUT2D eigenvalue weighted by Crippen LogP contribution is -2.55. The highest BCUT2D eigenvalue weighted by molar-refractivity contribution is 6.32. The minimum Gasteiger partial charge on any atom is -0.497 e. The summed E-state index contributed by atoms with van der Waals surface area (Å²) in [6.07, 6.45) is 3.76. The Morgan fingerprint density at radius 2 is 1.78 bits per heavy atom. The summed E-state index contributed by atoms with van der Waals surface area (Å²) in [5.41, 5.74) is 2.60. The maximum atomic E-state index is 6.19. The van der Waals surface area contributed by atoms with E-state index in [1.54, 1.807) is 14.2 Å². The third-order valence-corrected chi connectivity index (χ3v) is 6.26. The fraction of sp³-hybridized carbons (Fsp3) is 0.455. The minimum absolute atomic E-state index is 0.511. The standard InChI is InChI=1S/C22H27ClN2O2/c1-26-19-9-6-16(7-10-19)21-5-3-4-18-15-24(12-13-25(18)21)17-8-11-20(23)22(14-17)27-2/h6-11,14,18,21H,3-5,12-13,15H2,1-2H3/t18-,21+/m0/s1. The van der Waals surface area contributed by atoms with Crippen molar-refractivity contribution in [3.05, 3.63) is 53.1 Å². The predicted octanol–water partition coefficient (Wildman–Crippen LogP) is 4.77. The Labute approximate surface area is 166 Å². The Bertz CT molecular complexity index is 780. The Kier molecular flexibility index (Phi) is 5.46. The highest BCUT2D eigenvalue weighted by Gasteiger charge is 2.35. The number of piperidine rings is 1. The number of hydrogen-bond donors (Lipinski definition) is 0. The van der Waals surface area contributed by atoms with Gasteiger partial charge in [0, 0.05) is 43.5 Å². The van der Waals surface area contributed by atoms with Crippen LogP contribution in [0.1, 0.15) is 30.9 Å². The van der Waals surface area contributed by atoms with Crippen LogP contribution < -0.4 is 14.4 Å². The Morgan fingerprint density at radius 3 is 2.52 bits per heavy atom. The first-order valence-corrected chi connectivity index (χ1v) is 10.1. The molecule has 5 heteroatoms. The van der Waals surface area contributed by atoms with Crippen LogP contribution in [0.25, 0.3) is 0 Å². The van der Waals surface area contributed by atoms with Crippen LogP contribution in [0, 0.1) is 0 Å². The topological polar surface area (TPSA) is 24.9 Å². The van der Waals surface area contributed by atoms with E-state index in [1.165, 1.54) is 30.5 Å². The summed E-state index contributed by atoms with van der Waals surface area (Å²) in [5, 5.41) is 0.664. The van der Waals surface area contributed by atoms with E-state index >= 15 is 0 Å². The van der Waals surface area contributed by atoms with Crippen LogP contribution in [-0.2, 0) is 0 Å². The zero-order valence-corrected chi connectivity index (χ0v) is 16.8. The molecule has 2 saturated heterocycles.